The second-order valence-corrected chi connectivity index (χ2v) is 5.26. The highest BCUT2D eigenvalue weighted by molar-refractivity contribution is 7.24. The number of hydrogen-bond donors (Lipinski definition) is 1. The zero-order chi connectivity index (χ0) is 14.3. The van der Waals surface area contributed by atoms with Crippen molar-refractivity contribution in [3.8, 4) is 6.07 Å². The first-order chi connectivity index (χ1) is 9.63. The zero-order valence-corrected chi connectivity index (χ0v) is 10.9. The van der Waals surface area contributed by atoms with Crippen molar-refractivity contribution >= 4 is 37.5 Å². The molecule has 0 aliphatic rings. The van der Waals surface area contributed by atoms with Gasteiger partial charge in [0.25, 0.3) is 0 Å². The second kappa shape index (κ2) is 4.44. The van der Waals surface area contributed by atoms with E-state index in [1.54, 1.807) is 24.3 Å². The molecule has 1 aromatic heterocycles. The van der Waals surface area contributed by atoms with E-state index in [1.807, 2.05) is 6.07 Å². The van der Waals surface area contributed by atoms with Crippen LogP contribution in [0.15, 0.2) is 41.2 Å². The molecule has 0 radical (unpaired) electrons. The minimum atomic E-state index is -1.11. The van der Waals surface area contributed by atoms with Crippen LogP contribution in [0.3, 0.4) is 0 Å². The Labute approximate surface area is 117 Å². The molecule has 0 aliphatic carbocycles. The number of fused-ring (bicyclic) bond motifs is 2. The van der Waals surface area contributed by atoms with E-state index in [0.717, 1.165) is 0 Å². The van der Waals surface area contributed by atoms with E-state index in [4.69, 9.17) is 5.26 Å². The first kappa shape index (κ1) is 12.3. The summed E-state index contributed by atoms with van der Waals surface area (Å²) >= 11 is 1.22. The highest BCUT2D eigenvalue weighted by atomic mass is 32.1. The fraction of sp³-hybridized carbons (Fsp3) is 0. The summed E-state index contributed by atoms with van der Waals surface area (Å²) in [5, 5.41) is 19.1. The number of rotatable bonds is 1. The fourth-order valence-electron chi connectivity index (χ4n) is 2.16. The number of nitriles is 1. The van der Waals surface area contributed by atoms with Gasteiger partial charge in [0.05, 0.1) is 27.3 Å². The topological polar surface area (TPSA) is 78.2 Å². The Morgan fingerprint density at radius 1 is 1.20 bits per heavy atom. The molecule has 3 rings (SSSR count). The molecule has 1 heterocycles. The van der Waals surface area contributed by atoms with Gasteiger partial charge in [0, 0.05) is 10.1 Å². The Morgan fingerprint density at radius 2 is 1.95 bits per heavy atom. The lowest BCUT2D eigenvalue weighted by Gasteiger charge is -2.05. The molecule has 0 saturated heterocycles. The Kier molecular flexibility index (Phi) is 2.74. The smallest absolute Gasteiger partial charge is 0.337 e. The van der Waals surface area contributed by atoms with Crippen molar-refractivity contribution in [2.24, 2.45) is 0 Å². The number of benzene rings is 2. The summed E-state index contributed by atoms with van der Waals surface area (Å²) in [6.07, 6.45) is 0. The van der Waals surface area contributed by atoms with Crippen LogP contribution < -0.4 is 5.43 Å². The van der Waals surface area contributed by atoms with Gasteiger partial charge in [0.1, 0.15) is 0 Å². The molecule has 20 heavy (non-hydrogen) atoms. The molecule has 0 atom stereocenters. The molecule has 0 saturated carbocycles. The predicted molar refractivity (Wildman–Crippen MR) is 77.3 cm³/mol. The van der Waals surface area contributed by atoms with E-state index in [1.165, 1.54) is 23.5 Å². The van der Waals surface area contributed by atoms with Gasteiger partial charge in [-0.15, -0.1) is 11.3 Å². The van der Waals surface area contributed by atoms with E-state index < -0.39 is 5.97 Å². The van der Waals surface area contributed by atoms with Crippen LogP contribution in [0, 0.1) is 11.3 Å². The minimum absolute atomic E-state index is 0.0480. The summed E-state index contributed by atoms with van der Waals surface area (Å²) in [7, 11) is 0. The summed E-state index contributed by atoms with van der Waals surface area (Å²) in [6, 6.07) is 11.7. The van der Waals surface area contributed by atoms with Crippen LogP contribution in [0.5, 0.6) is 0 Å². The van der Waals surface area contributed by atoms with Gasteiger partial charge >= 0.3 is 5.97 Å². The molecule has 2 aromatic carbocycles. The Bertz CT molecular complexity index is 966. The maximum atomic E-state index is 12.5. The van der Waals surface area contributed by atoms with Crippen LogP contribution in [0.4, 0.5) is 0 Å². The van der Waals surface area contributed by atoms with E-state index >= 15 is 0 Å². The third-order valence-corrected chi connectivity index (χ3v) is 4.28. The van der Waals surface area contributed by atoms with Gasteiger partial charge in [-0.3, -0.25) is 4.79 Å². The highest BCUT2D eigenvalue weighted by Gasteiger charge is 2.16. The number of aromatic carboxylic acids is 1. The van der Waals surface area contributed by atoms with Gasteiger partial charge in [0.15, 0.2) is 5.43 Å². The molecule has 4 nitrogen and oxygen atoms in total. The molecule has 5 heteroatoms. The first-order valence-electron chi connectivity index (χ1n) is 5.75. The third-order valence-electron chi connectivity index (χ3n) is 3.08. The highest BCUT2D eigenvalue weighted by Crippen LogP contribution is 2.29. The van der Waals surface area contributed by atoms with Gasteiger partial charge in [-0.05, 0) is 24.3 Å². The van der Waals surface area contributed by atoms with E-state index in [9.17, 15) is 14.7 Å². The van der Waals surface area contributed by atoms with Crippen LogP contribution in [0.25, 0.3) is 20.2 Å². The molecular formula is C15H7NO3S. The van der Waals surface area contributed by atoms with E-state index in [-0.39, 0.29) is 21.9 Å². The van der Waals surface area contributed by atoms with Crippen molar-refractivity contribution in [3.63, 3.8) is 0 Å². The Balaban J connectivity index is 2.66. The Morgan fingerprint density at radius 3 is 2.65 bits per heavy atom. The van der Waals surface area contributed by atoms with Crippen LogP contribution in [-0.4, -0.2) is 11.1 Å². The number of hydrogen-bond acceptors (Lipinski definition) is 4. The van der Waals surface area contributed by atoms with Gasteiger partial charge < -0.3 is 5.11 Å². The maximum Gasteiger partial charge on any atom is 0.337 e. The predicted octanol–water partition coefficient (Wildman–Crippen LogP) is 2.98. The fourth-order valence-corrected chi connectivity index (χ4v) is 3.37. The quantitative estimate of drug-likeness (QED) is 0.695. The molecule has 0 bridgehead atoms. The van der Waals surface area contributed by atoms with Gasteiger partial charge in [-0.1, -0.05) is 12.1 Å². The lowest BCUT2D eigenvalue weighted by molar-refractivity contribution is 0.0699. The number of carbonyl (C=O) groups is 1. The van der Waals surface area contributed by atoms with Crippen molar-refractivity contribution in [1.29, 1.82) is 5.26 Å². The molecule has 0 spiro atoms. The van der Waals surface area contributed by atoms with Crippen molar-refractivity contribution in [1.82, 2.24) is 0 Å². The van der Waals surface area contributed by atoms with Gasteiger partial charge in [-0.25, -0.2) is 4.79 Å². The van der Waals surface area contributed by atoms with Crippen LogP contribution in [-0.2, 0) is 0 Å². The molecular weight excluding hydrogens is 274 g/mol. The lowest BCUT2D eigenvalue weighted by Crippen LogP contribution is -2.06. The van der Waals surface area contributed by atoms with Crippen LogP contribution in [0.1, 0.15) is 15.9 Å². The molecule has 0 unspecified atom stereocenters. The second-order valence-electron chi connectivity index (χ2n) is 4.21. The number of carboxylic acid groups (broad SMARTS) is 1. The number of carboxylic acids is 1. The summed E-state index contributed by atoms with van der Waals surface area (Å²) in [4.78, 5) is 23.8. The van der Waals surface area contributed by atoms with E-state index in [0.29, 0.717) is 14.8 Å². The van der Waals surface area contributed by atoms with Gasteiger partial charge in [0.2, 0.25) is 0 Å². The molecule has 3 aromatic rings. The molecule has 0 amide bonds. The summed E-state index contributed by atoms with van der Waals surface area (Å²) in [6.45, 7) is 0. The first-order valence-corrected chi connectivity index (χ1v) is 6.57. The molecule has 1 N–H and O–H groups in total. The van der Waals surface area contributed by atoms with Crippen molar-refractivity contribution < 1.29 is 9.90 Å². The largest absolute Gasteiger partial charge is 0.478 e. The van der Waals surface area contributed by atoms with Crippen molar-refractivity contribution in [3.05, 3.63) is 57.7 Å². The summed E-state index contributed by atoms with van der Waals surface area (Å²) < 4.78 is 1.06. The summed E-state index contributed by atoms with van der Waals surface area (Å²) in [5.41, 5.74) is -0.0437. The van der Waals surface area contributed by atoms with Crippen molar-refractivity contribution in [2.75, 3.05) is 0 Å². The summed E-state index contributed by atoms with van der Waals surface area (Å²) in [5.74, 6) is -1.11. The molecule has 0 fully saturated rings. The Hall–Kier alpha value is -2.71. The zero-order valence-electron chi connectivity index (χ0n) is 10.1. The average molecular weight is 281 g/mol. The van der Waals surface area contributed by atoms with Gasteiger partial charge in [-0.2, -0.15) is 5.26 Å². The lowest BCUT2D eigenvalue weighted by atomic mass is 10.1. The van der Waals surface area contributed by atoms with Crippen LogP contribution >= 0.6 is 11.3 Å². The molecule has 0 aliphatic heterocycles. The minimum Gasteiger partial charge on any atom is -0.478 e. The molecule has 96 valence electrons. The normalized spacial score (nSPS) is 10.6. The van der Waals surface area contributed by atoms with E-state index in [2.05, 4.69) is 0 Å². The standard InChI is InChI=1S/C15H7NO3S/c16-7-8-5-6-10(15(18)19)14-12(8)13(17)9-3-1-2-4-11(9)20-14/h1-6H,(H,18,19). The van der Waals surface area contributed by atoms with Crippen LogP contribution in [0.2, 0.25) is 0 Å². The number of nitrogens with zero attached hydrogens (tertiary/aromatic N) is 1. The SMILES string of the molecule is N#Cc1ccc(C(=O)O)c2sc3ccccc3c(=O)c12. The maximum absolute atomic E-state index is 12.5. The van der Waals surface area contributed by atoms with Crippen molar-refractivity contribution in [2.45, 2.75) is 0 Å². The third kappa shape index (κ3) is 1.67. The average Bonchev–Trinajstić information content (AvgIpc) is 2.46. The monoisotopic (exact) mass is 281 g/mol.